The van der Waals surface area contributed by atoms with Gasteiger partial charge in [0.15, 0.2) is 0 Å². The van der Waals surface area contributed by atoms with Crippen LogP contribution in [0, 0.1) is 5.92 Å². The highest BCUT2D eigenvalue weighted by molar-refractivity contribution is 5.85. The lowest BCUT2D eigenvalue weighted by molar-refractivity contribution is -0.122. The lowest BCUT2D eigenvalue weighted by Crippen LogP contribution is -2.47. The Morgan fingerprint density at radius 3 is 2.81 bits per heavy atom. The molecule has 21 heavy (non-hydrogen) atoms. The summed E-state index contributed by atoms with van der Waals surface area (Å²) in [6.45, 7) is 4.70. The summed E-state index contributed by atoms with van der Waals surface area (Å²) in [6.07, 6.45) is 8.02. The predicted molar refractivity (Wildman–Crippen MR) is 90.5 cm³/mol. The number of halogens is 2. The molecular weight excluding hydrogens is 309 g/mol. The number of hydrogen-bond donors (Lipinski definition) is 2. The van der Waals surface area contributed by atoms with E-state index in [1.807, 2.05) is 0 Å². The van der Waals surface area contributed by atoms with Crippen molar-refractivity contribution < 1.29 is 4.79 Å². The van der Waals surface area contributed by atoms with E-state index in [0.717, 1.165) is 44.3 Å². The van der Waals surface area contributed by atoms with Crippen molar-refractivity contribution in [3.8, 4) is 0 Å². The van der Waals surface area contributed by atoms with E-state index in [2.05, 4.69) is 15.5 Å². The lowest BCUT2D eigenvalue weighted by Gasteiger charge is -2.35. The molecule has 3 unspecified atom stereocenters. The quantitative estimate of drug-likeness (QED) is 0.824. The normalized spacial score (nSPS) is 31.9. The first-order chi connectivity index (χ1) is 9.31. The fourth-order valence-corrected chi connectivity index (χ4v) is 3.95. The zero-order chi connectivity index (χ0) is 13.1. The zero-order valence-electron chi connectivity index (χ0n) is 12.7. The van der Waals surface area contributed by atoms with Crippen molar-refractivity contribution in [1.82, 2.24) is 15.5 Å². The van der Waals surface area contributed by atoms with Crippen molar-refractivity contribution in [2.75, 3.05) is 26.2 Å². The van der Waals surface area contributed by atoms with E-state index in [0.29, 0.717) is 6.04 Å². The topological polar surface area (TPSA) is 44.4 Å². The molecule has 3 fully saturated rings. The van der Waals surface area contributed by atoms with Gasteiger partial charge in [-0.05, 0) is 64.1 Å². The third-order valence-corrected chi connectivity index (χ3v) is 5.13. The minimum Gasteiger partial charge on any atom is -0.353 e. The number of hydrogen-bond acceptors (Lipinski definition) is 3. The van der Waals surface area contributed by atoms with Crippen LogP contribution in [0.15, 0.2) is 0 Å². The van der Waals surface area contributed by atoms with Crippen LogP contribution in [0.25, 0.3) is 0 Å². The fraction of sp³-hybridized carbons (Fsp3) is 0.933. The van der Waals surface area contributed by atoms with Crippen LogP contribution >= 0.6 is 24.8 Å². The standard InChI is InChI=1S/C15H27N3O.2ClH/c19-15(4-3-12-5-7-16-11-12)17-13-6-9-18-8-1-2-14(18)10-13;;/h12-14,16H,1-11H2,(H,17,19);2*1H. The third kappa shape index (κ3) is 5.27. The minimum absolute atomic E-state index is 0. The minimum atomic E-state index is 0. The molecule has 4 nitrogen and oxygen atoms in total. The number of nitrogens with zero attached hydrogens (tertiary/aromatic N) is 1. The van der Waals surface area contributed by atoms with Crippen LogP contribution in [-0.4, -0.2) is 49.1 Å². The van der Waals surface area contributed by atoms with Gasteiger partial charge in [0.2, 0.25) is 5.91 Å². The van der Waals surface area contributed by atoms with Crippen molar-refractivity contribution in [1.29, 1.82) is 0 Å². The second-order valence-electron chi connectivity index (χ2n) is 6.52. The SMILES string of the molecule is Cl.Cl.O=C(CCC1CCNC1)NC1CCN2CCCC2C1. The number of amides is 1. The van der Waals surface area contributed by atoms with Gasteiger partial charge in [0.05, 0.1) is 0 Å². The molecule has 3 heterocycles. The second-order valence-corrected chi connectivity index (χ2v) is 6.52. The van der Waals surface area contributed by atoms with E-state index < -0.39 is 0 Å². The smallest absolute Gasteiger partial charge is 0.220 e. The first-order valence-corrected chi connectivity index (χ1v) is 8.05. The van der Waals surface area contributed by atoms with Crippen LogP contribution in [0.2, 0.25) is 0 Å². The van der Waals surface area contributed by atoms with E-state index >= 15 is 0 Å². The summed E-state index contributed by atoms with van der Waals surface area (Å²) in [5.74, 6) is 1.01. The number of piperidine rings is 1. The van der Waals surface area contributed by atoms with Gasteiger partial charge in [-0.3, -0.25) is 4.79 Å². The number of carbonyl (C=O) groups excluding carboxylic acids is 1. The fourth-order valence-electron chi connectivity index (χ4n) is 3.95. The Morgan fingerprint density at radius 2 is 2.05 bits per heavy atom. The van der Waals surface area contributed by atoms with Gasteiger partial charge in [0.1, 0.15) is 0 Å². The maximum atomic E-state index is 12.0. The van der Waals surface area contributed by atoms with Gasteiger partial charge < -0.3 is 15.5 Å². The van der Waals surface area contributed by atoms with Crippen LogP contribution in [-0.2, 0) is 4.79 Å². The molecule has 3 aliphatic heterocycles. The monoisotopic (exact) mass is 337 g/mol. The van der Waals surface area contributed by atoms with E-state index in [4.69, 9.17) is 0 Å². The van der Waals surface area contributed by atoms with Crippen LogP contribution in [0.3, 0.4) is 0 Å². The third-order valence-electron chi connectivity index (χ3n) is 5.13. The summed E-state index contributed by atoms with van der Waals surface area (Å²) in [5, 5.41) is 6.63. The van der Waals surface area contributed by atoms with Crippen LogP contribution < -0.4 is 10.6 Å². The average molecular weight is 338 g/mol. The van der Waals surface area contributed by atoms with Gasteiger partial charge >= 0.3 is 0 Å². The first kappa shape index (κ1) is 19.0. The number of carbonyl (C=O) groups is 1. The molecule has 3 aliphatic rings. The van der Waals surface area contributed by atoms with Crippen molar-refractivity contribution in [3.05, 3.63) is 0 Å². The van der Waals surface area contributed by atoms with Gasteiger partial charge in [0, 0.05) is 25.0 Å². The van der Waals surface area contributed by atoms with E-state index in [9.17, 15) is 4.79 Å². The molecule has 3 saturated heterocycles. The highest BCUT2D eigenvalue weighted by atomic mass is 35.5. The summed E-state index contributed by atoms with van der Waals surface area (Å²) >= 11 is 0. The van der Waals surface area contributed by atoms with Crippen molar-refractivity contribution in [2.24, 2.45) is 5.92 Å². The molecule has 1 amide bonds. The predicted octanol–water partition coefficient (Wildman–Crippen LogP) is 1.96. The maximum Gasteiger partial charge on any atom is 0.220 e. The largest absolute Gasteiger partial charge is 0.353 e. The Hall–Kier alpha value is -0.0300. The van der Waals surface area contributed by atoms with Gasteiger partial charge in [-0.2, -0.15) is 0 Å². The van der Waals surface area contributed by atoms with E-state index in [1.165, 1.54) is 38.8 Å². The molecule has 3 rings (SSSR count). The van der Waals surface area contributed by atoms with Crippen molar-refractivity contribution in [3.63, 3.8) is 0 Å². The van der Waals surface area contributed by atoms with Crippen LogP contribution in [0.1, 0.15) is 44.9 Å². The Morgan fingerprint density at radius 1 is 1.19 bits per heavy atom. The molecule has 0 radical (unpaired) electrons. The average Bonchev–Trinajstić information content (AvgIpc) is 3.07. The molecule has 0 bridgehead atoms. The molecule has 0 aromatic heterocycles. The lowest BCUT2D eigenvalue weighted by atomic mass is 9.97. The summed E-state index contributed by atoms with van der Waals surface area (Å²) in [7, 11) is 0. The summed E-state index contributed by atoms with van der Waals surface area (Å²) in [4.78, 5) is 14.6. The van der Waals surface area contributed by atoms with Gasteiger partial charge in [-0.15, -0.1) is 24.8 Å². The molecule has 124 valence electrons. The van der Waals surface area contributed by atoms with Crippen LogP contribution in [0.5, 0.6) is 0 Å². The highest BCUT2D eigenvalue weighted by Gasteiger charge is 2.32. The summed E-state index contributed by atoms with van der Waals surface area (Å²) in [6, 6.07) is 1.19. The molecule has 2 N–H and O–H groups in total. The second kappa shape index (κ2) is 9.19. The molecule has 0 aromatic carbocycles. The highest BCUT2D eigenvalue weighted by Crippen LogP contribution is 2.26. The zero-order valence-corrected chi connectivity index (χ0v) is 14.3. The number of fused-ring (bicyclic) bond motifs is 1. The Labute approximate surface area is 140 Å². The Bertz CT molecular complexity index is 324. The Balaban J connectivity index is 0.00000110. The molecule has 0 spiro atoms. The van der Waals surface area contributed by atoms with E-state index in [-0.39, 0.29) is 30.7 Å². The first-order valence-electron chi connectivity index (χ1n) is 8.05. The molecule has 0 aliphatic carbocycles. The Kier molecular flexibility index (Phi) is 8.32. The molecular formula is C15H29Cl2N3O. The van der Waals surface area contributed by atoms with Gasteiger partial charge in [-0.1, -0.05) is 0 Å². The molecule has 0 aromatic rings. The number of rotatable bonds is 4. The van der Waals surface area contributed by atoms with Crippen molar-refractivity contribution in [2.45, 2.75) is 57.0 Å². The number of nitrogens with one attached hydrogen (secondary N) is 2. The van der Waals surface area contributed by atoms with Gasteiger partial charge in [-0.25, -0.2) is 0 Å². The van der Waals surface area contributed by atoms with Crippen molar-refractivity contribution >= 4 is 30.7 Å². The van der Waals surface area contributed by atoms with E-state index in [1.54, 1.807) is 0 Å². The van der Waals surface area contributed by atoms with Gasteiger partial charge in [0.25, 0.3) is 0 Å². The summed E-state index contributed by atoms with van der Waals surface area (Å²) < 4.78 is 0. The molecule has 3 atom stereocenters. The summed E-state index contributed by atoms with van der Waals surface area (Å²) in [5.41, 5.74) is 0. The van der Waals surface area contributed by atoms with Crippen LogP contribution in [0.4, 0.5) is 0 Å². The maximum absolute atomic E-state index is 12.0. The molecule has 0 saturated carbocycles. The molecule has 6 heteroatoms.